The van der Waals surface area contributed by atoms with E-state index in [2.05, 4.69) is 20.9 Å². The Kier molecular flexibility index (Phi) is 4.98. The second kappa shape index (κ2) is 7.37. The highest BCUT2D eigenvalue weighted by atomic mass is 16.3. The van der Waals surface area contributed by atoms with Crippen molar-refractivity contribution in [3.05, 3.63) is 65.4 Å². The Balaban J connectivity index is 1.90. The normalized spacial score (nSPS) is 11.1. The van der Waals surface area contributed by atoms with Crippen LogP contribution in [0.5, 0.6) is 5.75 Å². The Labute approximate surface area is 158 Å². The SMILES string of the molecule is CC=Cc1c(C)cc(-c2ccc(NC(=O)c3ccccc3O)nc2N)n1C. The molecule has 4 N–H and O–H groups in total. The number of hydrogen-bond donors (Lipinski definition) is 3. The molecular formula is C21H22N4O2. The molecule has 27 heavy (non-hydrogen) atoms. The van der Waals surface area contributed by atoms with Gasteiger partial charge in [0.1, 0.15) is 17.4 Å². The number of hydrogen-bond acceptors (Lipinski definition) is 4. The summed E-state index contributed by atoms with van der Waals surface area (Å²) < 4.78 is 2.06. The van der Waals surface area contributed by atoms with E-state index in [1.54, 1.807) is 18.2 Å². The number of allylic oxidation sites excluding steroid dienone is 1. The molecule has 0 aliphatic rings. The quantitative estimate of drug-likeness (QED) is 0.655. The topological polar surface area (TPSA) is 93.2 Å². The van der Waals surface area contributed by atoms with Gasteiger partial charge < -0.3 is 20.7 Å². The fourth-order valence-corrected chi connectivity index (χ4v) is 3.04. The minimum absolute atomic E-state index is 0.0876. The number of aromatic hydroxyl groups is 1. The van der Waals surface area contributed by atoms with E-state index in [1.807, 2.05) is 39.1 Å². The molecule has 6 nitrogen and oxygen atoms in total. The summed E-state index contributed by atoms with van der Waals surface area (Å²) in [6, 6.07) is 11.9. The molecule has 1 amide bonds. The van der Waals surface area contributed by atoms with E-state index < -0.39 is 5.91 Å². The first kappa shape index (κ1) is 18.3. The van der Waals surface area contributed by atoms with Crippen LogP contribution in [0.1, 0.15) is 28.5 Å². The predicted octanol–water partition coefficient (Wildman–Crippen LogP) is 3.97. The van der Waals surface area contributed by atoms with Gasteiger partial charge in [-0.2, -0.15) is 0 Å². The van der Waals surface area contributed by atoms with Gasteiger partial charge in [0.15, 0.2) is 0 Å². The van der Waals surface area contributed by atoms with Crippen LogP contribution in [0.15, 0.2) is 48.5 Å². The molecule has 0 bridgehead atoms. The molecule has 1 aromatic carbocycles. The molecule has 3 aromatic rings. The van der Waals surface area contributed by atoms with Crippen LogP contribution in [-0.4, -0.2) is 20.6 Å². The molecule has 0 saturated heterocycles. The number of phenols is 1. The van der Waals surface area contributed by atoms with E-state index in [0.717, 1.165) is 22.5 Å². The minimum Gasteiger partial charge on any atom is -0.507 e. The van der Waals surface area contributed by atoms with Crippen molar-refractivity contribution in [1.29, 1.82) is 0 Å². The summed E-state index contributed by atoms with van der Waals surface area (Å²) in [6.07, 6.45) is 4.04. The van der Waals surface area contributed by atoms with Crippen LogP contribution in [-0.2, 0) is 7.05 Å². The van der Waals surface area contributed by atoms with Gasteiger partial charge in [0, 0.05) is 18.3 Å². The van der Waals surface area contributed by atoms with Gasteiger partial charge in [0.2, 0.25) is 0 Å². The molecule has 2 heterocycles. The third-order valence-corrected chi connectivity index (χ3v) is 4.40. The lowest BCUT2D eigenvalue weighted by Gasteiger charge is -2.11. The lowest BCUT2D eigenvalue weighted by Crippen LogP contribution is -2.13. The molecule has 0 aliphatic carbocycles. The number of amides is 1. The van der Waals surface area contributed by atoms with Gasteiger partial charge in [0.25, 0.3) is 5.91 Å². The third kappa shape index (κ3) is 3.55. The van der Waals surface area contributed by atoms with Crippen LogP contribution in [0.2, 0.25) is 0 Å². The molecule has 0 aliphatic heterocycles. The molecule has 0 fully saturated rings. The van der Waals surface area contributed by atoms with Crippen molar-refractivity contribution >= 4 is 23.6 Å². The number of aromatic nitrogens is 2. The van der Waals surface area contributed by atoms with E-state index >= 15 is 0 Å². The molecule has 138 valence electrons. The summed E-state index contributed by atoms with van der Waals surface area (Å²) in [5, 5.41) is 12.5. The van der Waals surface area contributed by atoms with Gasteiger partial charge in [-0.05, 0) is 55.8 Å². The molecule has 2 aromatic heterocycles. The Morgan fingerprint density at radius 1 is 1.26 bits per heavy atom. The maximum Gasteiger partial charge on any atom is 0.260 e. The van der Waals surface area contributed by atoms with Crippen LogP contribution in [0.25, 0.3) is 17.3 Å². The first-order chi connectivity index (χ1) is 12.9. The predicted molar refractivity (Wildman–Crippen MR) is 109 cm³/mol. The monoisotopic (exact) mass is 362 g/mol. The summed E-state index contributed by atoms with van der Waals surface area (Å²) in [5.74, 6) is 0.107. The van der Waals surface area contributed by atoms with Crippen LogP contribution >= 0.6 is 0 Å². The number of nitrogens with two attached hydrogens (primary N) is 1. The fourth-order valence-electron chi connectivity index (χ4n) is 3.04. The number of benzene rings is 1. The number of aryl methyl sites for hydroxylation is 1. The first-order valence-electron chi connectivity index (χ1n) is 8.57. The van der Waals surface area contributed by atoms with E-state index in [4.69, 9.17) is 5.73 Å². The van der Waals surface area contributed by atoms with E-state index in [-0.39, 0.29) is 11.3 Å². The van der Waals surface area contributed by atoms with Gasteiger partial charge in [-0.15, -0.1) is 0 Å². The maximum absolute atomic E-state index is 12.3. The number of nitrogens with one attached hydrogen (secondary N) is 1. The minimum atomic E-state index is -0.446. The van der Waals surface area contributed by atoms with Gasteiger partial charge in [-0.3, -0.25) is 4.79 Å². The first-order valence-corrected chi connectivity index (χ1v) is 8.57. The Morgan fingerprint density at radius 3 is 2.67 bits per heavy atom. The zero-order valence-electron chi connectivity index (χ0n) is 15.5. The summed E-state index contributed by atoms with van der Waals surface area (Å²) in [4.78, 5) is 16.6. The van der Waals surface area contributed by atoms with Crippen molar-refractivity contribution in [3.63, 3.8) is 0 Å². The molecule has 0 unspecified atom stereocenters. The molecular weight excluding hydrogens is 340 g/mol. The van der Waals surface area contributed by atoms with Crippen LogP contribution in [0, 0.1) is 6.92 Å². The molecule has 0 saturated carbocycles. The maximum atomic E-state index is 12.3. The van der Waals surface area contributed by atoms with Crippen molar-refractivity contribution in [1.82, 2.24) is 9.55 Å². The molecule has 0 radical (unpaired) electrons. The highest BCUT2D eigenvalue weighted by Gasteiger charge is 2.15. The second-order valence-corrected chi connectivity index (χ2v) is 6.26. The average Bonchev–Trinajstić information content (AvgIpc) is 2.90. The van der Waals surface area contributed by atoms with Crippen molar-refractivity contribution in [2.24, 2.45) is 7.05 Å². The number of anilines is 2. The molecule has 3 rings (SSSR count). The lowest BCUT2D eigenvalue weighted by molar-refractivity contribution is 0.102. The summed E-state index contributed by atoms with van der Waals surface area (Å²) in [7, 11) is 1.98. The highest BCUT2D eigenvalue weighted by molar-refractivity contribution is 6.05. The van der Waals surface area contributed by atoms with Crippen LogP contribution < -0.4 is 11.1 Å². The van der Waals surface area contributed by atoms with Crippen LogP contribution in [0.4, 0.5) is 11.6 Å². The largest absolute Gasteiger partial charge is 0.507 e. The average molecular weight is 362 g/mol. The third-order valence-electron chi connectivity index (χ3n) is 4.40. The van der Waals surface area contributed by atoms with Crippen molar-refractivity contribution < 1.29 is 9.90 Å². The lowest BCUT2D eigenvalue weighted by atomic mass is 10.1. The Hall–Kier alpha value is -3.54. The zero-order chi connectivity index (χ0) is 19.6. The summed E-state index contributed by atoms with van der Waals surface area (Å²) in [5.41, 5.74) is 10.3. The standard InChI is InChI=1S/C21H22N4O2/c1-4-7-16-13(2)12-17(25(16)3)14-10-11-19(23-20(14)22)24-21(27)15-8-5-6-9-18(15)26/h4-12,26H,1-3H3,(H3,22,23,24,27). The summed E-state index contributed by atoms with van der Waals surface area (Å²) >= 11 is 0. The van der Waals surface area contributed by atoms with E-state index in [9.17, 15) is 9.90 Å². The number of pyridine rings is 1. The molecule has 6 heteroatoms. The molecule has 0 atom stereocenters. The Bertz CT molecular complexity index is 1030. The smallest absolute Gasteiger partial charge is 0.260 e. The number of carbonyl (C=O) groups is 1. The van der Waals surface area contributed by atoms with Gasteiger partial charge in [-0.25, -0.2) is 4.98 Å². The molecule has 0 spiro atoms. The highest BCUT2D eigenvalue weighted by Crippen LogP contribution is 2.30. The second-order valence-electron chi connectivity index (χ2n) is 6.26. The number of nitrogens with zero attached hydrogens (tertiary/aromatic N) is 2. The number of para-hydroxylation sites is 1. The van der Waals surface area contributed by atoms with Crippen molar-refractivity contribution in [2.75, 3.05) is 11.1 Å². The number of nitrogen functional groups attached to an aromatic ring is 1. The van der Waals surface area contributed by atoms with E-state index in [0.29, 0.717) is 11.6 Å². The fraction of sp³-hybridized carbons (Fsp3) is 0.143. The number of phenolic OH excluding ortho intramolecular Hbond substituents is 1. The van der Waals surface area contributed by atoms with E-state index in [1.165, 1.54) is 12.1 Å². The Morgan fingerprint density at radius 2 is 2.00 bits per heavy atom. The number of carbonyl (C=O) groups excluding carboxylic acids is 1. The van der Waals surface area contributed by atoms with Gasteiger partial charge in [-0.1, -0.05) is 18.2 Å². The number of rotatable bonds is 4. The van der Waals surface area contributed by atoms with Gasteiger partial charge >= 0.3 is 0 Å². The summed E-state index contributed by atoms with van der Waals surface area (Å²) in [6.45, 7) is 4.02. The van der Waals surface area contributed by atoms with Crippen molar-refractivity contribution in [3.8, 4) is 17.0 Å². The zero-order valence-corrected chi connectivity index (χ0v) is 15.5. The van der Waals surface area contributed by atoms with Crippen LogP contribution in [0.3, 0.4) is 0 Å². The van der Waals surface area contributed by atoms with Gasteiger partial charge in [0.05, 0.1) is 11.3 Å². The van der Waals surface area contributed by atoms with Crippen molar-refractivity contribution in [2.45, 2.75) is 13.8 Å².